The monoisotopic (exact) mass is 122 g/mol. The first-order valence-electron chi connectivity index (χ1n) is 4.16. The van der Waals surface area contributed by atoms with Gasteiger partial charge in [0.1, 0.15) is 0 Å². The Morgan fingerprint density at radius 1 is 1.22 bits per heavy atom. The summed E-state index contributed by atoms with van der Waals surface area (Å²) in [4.78, 5) is 0. The quantitative estimate of drug-likeness (QED) is 0.433. The lowest BCUT2D eigenvalue weighted by atomic mass is 9.81. The van der Waals surface area contributed by atoms with E-state index in [4.69, 9.17) is 0 Å². The summed E-state index contributed by atoms with van der Waals surface area (Å²) in [5.74, 6) is 1.03. The summed E-state index contributed by atoms with van der Waals surface area (Å²) in [5, 5.41) is 0. The van der Waals surface area contributed by atoms with Crippen molar-refractivity contribution in [1.29, 1.82) is 0 Å². The van der Waals surface area contributed by atoms with E-state index in [0.29, 0.717) is 0 Å². The Morgan fingerprint density at radius 3 is 3.00 bits per heavy atom. The molecule has 0 N–H and O–H groups in total. The second kappa shape index (κ2) is 2.17. The van der Waals surface area contributed by atoms with Gasteiger partial charge in [-0.05, 0) is 31.6 Å². The molecule has 2 rings (SSSR count). The summed E-state index contributed by atoms with van der Waals surface area (Å²) >= 11 is 0. The van der Waals surface area contributed by atoms with Gasteiger partial charge >= 0.3 is 0 Å². The molecule has 0 aliphatic heterocycles. The predicted molar refractivity (Wildman–Crippen MR) is 39.3 cm³/mol. The Balaban J connectivity index is 2.03. The van der Waals surface area contributed by atoms with Crippen LogP contribution < -0.4 is 0 Å². The molecule has 0 aromatic rings. The van der Waals surface area contributed by atoms with E-state index in [-0.39, 0.29) is 0 Å². The van der Waals surface area contributed by atoms with Crippen molar-refractivity contribution in [3.63, 3.8) is 0 Å². The zero-order valence-corrected chi connectivity index (χ0v) is 5.90. The highest BCUT2D eigenvalue weighted by atomic mass is 14.3. The SMILES string of the molecule is C1=C2CCCCCC2C1. The van der Waals surface area contributed by atoms with Gasteiger partial charge in [0.05, 0.1) is 0 Å². The molecule has 2 aliphatic carbocycles. The molecule has 0 spiro atoms. The fraction of sp³-hybridized carbons (Fsp3) is 0.778. The van der Waals surface area contributed by atoms with Gasteiger partial charge in [-0.3, -0.25) is 0 Å². The smallest absolute Gasteiger partial charge is 0.0169 e. The summed E-state index contributed by atoms with van der Waals surface area (Å²) in [6, 6.07) is 0. The molecular weight excluding hydrogens is 108 g/mol. The van der Waals surface area contributed by atoms with Crippen molar-refractivity contribution in [1.82, 2.24) is 0 Å². The topological polar surface area (TPSA) is 0 Å². The number of hydrogen-bond donors (Lipinski definition) is 0. The summed E-state index contributed by atoms with van der Waals surface area (Å²) in [6.45, 7) is 0. The molecule has 0 radical (unpaired) electrons. The second-order valence-corrected chi connectivity index (χ2v) is 3.31. The van der Waals surface area contributed by atoms with Gasteiger partial charge in [0, 0.05) is 0 Å². The molecule has 1 fully saturated rings. The maximum absolute atomic E-state index is 2.44. The highest BCUT2D eigenvalue weighted by Gasteiger charge is 2.21. The van der Waals surface area contributed by atoms with Crippen LogP contribution in [0.15, 0.2) is 11.6 Å². The molecule has 0 nitrogen and oxygen atoms in total. The van der Waals surface area contributed by atoms with Crippen molar-refractivity contribution in [3.05, 3.63) is 11.6 Å². The highest BCUT2D eigenvalue weighted by molar-refractivity contribution is 5.18. The van der Waals surface area contributed by atoms with Crippen LogP contribution in [-0.2, 0) is 0 Å². The minimum atomic E-state index is 1.03. The molecule has 0 heteroatoms. The molecule has 0 amide bonds. The number of hydrogen-bond acceptors (Lipinski definition) is 0. The lowest BCUT2D eigenvalue weighted by molar-refractivity contribution is 0.510. The van der Waals surface area contributed by atoms with Crippen molar-refractivity contribution >= 4 is 0 Å². The highest BCUT2D eigenvalue weighted by Crippen LogP contribution is 2.37. The Labute approximate surface area is 57.0 Å². The third kappa shape index (κ3) is 0.910. The third-order valence-corrected chi connectivity index (χ3v) is 2.71. The first kappa shape index (κ1) is 5.52. The number of allylic oxidation sites excluding steroid dienone is 2. The van der Waals surface area contributed by atoms with Gasteiger partial charge in [0.2, 0.25) is 0 Å². The molecule has 0 aromatic heterocycles. The van der Waals surface area contributed by atoms with Gasteiger partial charge in [-0.15, -0.1) is 0 Å². The van der Waals surface area contributed by atoms with E-state index in [1.807, 2.05) is 0 Å². The zero-order chi connectivity index (χ0) is 6.10. The second-order valence-electron chi connectivity index (χ2n) is 3.31. The van der Waals surface area contributed by atoms with E-state index in [1.165, 1.54) is 38.5 Å². The van der Waals surface area contributed by atoms with Crippen LogP contribution in [0.2, 0.25) is 0 Å². The maximum atomic E-state index is 2.44. The fourth-order valence-corrected chi connectivity index (χ4v) is 1.96. The predicted octanol–water partition coefficient (Wildman–Crippen LogP) is 2.90. The number of fused-ring (bicyclic) bond motifs is 1. The number of rotatable bonds is 0. The first-order valence-corrected chi connectivity index (χ1v) is 4.16. The van der Waals surface area contributed by atoms with E-state index in [0.717, 1.165) is 5.92 Å². The van der Waals surface area contributed by atoms with Gasteiger partial charge < -0.3 is 0 Å². The summed E-state index contributed by atoms with van der Waals surface area (Å²) in [5.41, 5.74) is 1.78. The molecule has 1 unspecified atom stereocenters. The van der Waals surface area contributed by atoms with Crippen molar-refractivity contribution in [2.75, 3.05) is 0 Å². The Morgan fingerprint density at radius 2 is 2.22 bits per heavy atom. The van der Waals surface area contributed by atoms with Crippen molar-refractivity contribution in [2.45, 2.75) is 38.5 Å². The molecular formula is C9H14. The molecule has 0 bridgehead atoms. The lowest BCUT2D eigenvalue weighted by Crippen LogP contribution is -2.09. The van der Waals surface area contributed by atoms with Crippen LogP contribution in [0.4, 0.5) is 0 Å². The first-order chi connectivity index (χ1) is 4.47. The molecule has 1 saturated carbocycles. The molecule has 9 heavy (non-hydrogen) atoms. The van der Waals surface area contributed by atoms with Crippen LogP contribution in [0.5, 0.6) is 0 Å². The third-order valence-electron chi connectivity index (χ3n) is 2.71. The van der Waals surface area contributed by atoms with Crippen molar-refractivity contribution in [3.8, 4) is 0 Å². The average Bonchev–Trinajstić information content (AvgIpc) is 1.94. The van der Waals surface area contributed by atoms with Crippen LogP contribution in [0.25, 0.3) is 0 Å². The van der Waals surface area contributed by atoms with Gasteiger partial charge in [-0.2, -0.15) is 0 Å². The molecule has 50 valence electrons. The standard InChI is InChI=1S/C9H14/c1-2-4-8-6-7-9(8)5-3-1/h6,9H,1-5,7H2. The fourth-order valence-electron chi connectivity index (χ4n) is 1.96. The summed E-state index contributed by atoms with van der Waals surface area (Å²) in [7, 11) is 0. The minimum Gasteiger partial charge on any atom is -0.0844 e. The van der Waals surface area contributed by atoms with Crippen molar-refractivity contribution < 1.29 is 0 Å². The Kier molecular flexibility index (Phi) is 1.33. The summed E-state index contributed by atoms with van der Waals surface area (Å²) in [6.07, 6.45) is 11.2. The van der Waals surface area contributed by atoms with Gasteiger partial charge in [0.25, 0.3) is 0 Å². The molecule has 0 saturated heterocycles. The van der Waals surface area contributed by atoms with E-state index in [2.05, 4.69) is 6.08 Å². The van der Waals surface area contributed by atoms with E-state index < -0.39 is 0 Å². The van der Waals surface area contributed by atoms with Crippen LogP contribution in [0, 0.1) is 5.92 Å². The molecule has 2 aliphatic rings. The summed E-state index contributed by atoms with van der Waals surface area (Å²) < 4.78 is 0. The maximum Gasteiger partial charge on any atom is -0.0169 e. The van der Waals surface area contributed by atoms with E-state index in [1.54, 1.807) is 5.57 Å². The van der Waals surface area contributed by atoms with E-state index in [9.17, 15) is 0 Å². The van der Waals surface area contributed by atoms with Crippen LogP contribution in [0.3, 0.4) is 0 Å². The molecule has 0 aromatic carbocycles. The van der Waals surface area contributed by atoms with Gasteiger partial charge in [-0.25, -0.2) is 0 Å². The average molecular weight is 122 g/mol. The van der Waals surface area contributed by atoms with Crippen LogP contribution in [0.1, 0.15) is 38.5 Å². The van der Waals surface area contributed by atoms with E-state index >= 15 is 0 Å². The minimum absolute atomic E-state index is 1.03. The van der Waals surface area contributed by atoms with Gasteiger partial charge in [-0.1, -0.05) is 24.5 Å². The normalized spacial score (nSPS) is 33.8. The zero-order valence-electron chi connectivity index (χ0n) is 5.90. The lowest BCUT2D eigenvalue weighted by Gasteiger charge is -2.24. The van der Waals surface area contributed by atoms with Crippen LogP contribution in [-0.4, -0.2) is 0 Å². The van der Waals surface area contributed by atoms with Gasteiger partial charge in [0.15, 0.2) is 0 Å². The van der Waals surface area contributed by atoms with Crippen molar-refractivity contribution in [2.24, 2.45) is 5.92 Å². The Bertz CT molecular complexity index is 133. The largest absolute Gasteiger partial charge is 0.0844 e. The molecule has 1 atom stereocenters. The van der Waals surface area contributed by atoms with Crippen LogP contribution >= 0.6 is 0 Å². The molecule has 0 heterocycles. The Hall–Kier alpha value is -0.260.